The van der Waals surface area contributed by atoms with Crippen LogP contribution in [0.25, 0.3) is 0 Å². The molecule has 0 bridgehead atoms. The third-order valence-corrected chi connectivity index (χ3v) is 4.36. The highest BCUT2D eigenvalue weighted by molar-refractivity contribution is 9.10. The number of benzene rings is 1. The highest BCUT2D eigenvalue weighted by atomic mass is 79.9. The van der Waals surface area contributed by atoms with Crippen LogP contribution in [0.2, 0.25) is 0 Å². The zero-order valence-corrected chi connectivity index (χ0v) is 13.3. The van der Waals surface area contributed by atoms with Crippen LogP contribution in [-0.2, 0) is 16.1 Å². The van der Waals surface area contributed by atoms with Gasteiger partial charge < -0.3 is 14.8 Å². The molecule has 1 N–H and O–H groups in total. The van der Waals surface area contributed by atoms with Gasteiger partial charge in [-0.1, -0.05) is 28.1 Å². The van der Waals surface area contributed by atoms with Crippen molar-refractivity contribution < 1.29 is 9.47 Å². The van der Waals surface area contributed by atoms with Crippen LogP contribution in [-0.4, -0.2) is 31.4 Å². The molecule has 2 fully saturated rings. The molecule has 0 aromatic heterocycles. The number of hydrogen-bond donors (Lipinski definition) is 1. The predicted octanol–water partition coefficient (Wildman–Crippen LogP) is 3.27. The number of halogens is 1. The fourth-order valence-corrected chi connectivity index (χ4v) is 3.02. The molecular formula is C16H22BrNO2. The maximum absolute atomic E-state index is 6.00. The Morgan fingerprint density at radius 2 is 2.05 bits per heavy atom. The van der Waals surface area contributed by atoms with Gasteiger partial charge in [0.25, 0.3) is 0 Å². The van der Waals surface area contributed by atoms with Gasteiger partial charge >= 0.3 is 0 Å². The van der Waals surface area contributed by atoms with Crippen molar-refractivity contribution in [3.63, 3.8) is 0 Å². The summed E-state index contributed by atoms with van der Waals surface area (Å²) in [5, 5.41) is 3.54. The number of ether oxygens (including phenoxy) is 2. The van der Waals surface area contributed by atoms with E-state index in [9.17, 15) is 0 Å². The van der Waals surface area contributed by atoms with Gasteiger partial charge in [-0.15, -0.1) is 0 Å². The molecular weight excluding hydrogens is 318 g/mol. The van der Waals surface area contributed by atoms with Crippen molar-refractivity contribution in [3.8, 4) is 0 Å². The Kier molecular flexibility index (Phi) is 5.10. The largest absolute Gasteiger partial charge is 0.374 e. The summed E-state index contributed by atoms with van der Waals surface area (Å²) in [6.45, 7) is 2.36. The van der Waals surface area contributed by atoms with Gasteiger partial charge in [-0.05, 0) is 43.4 Å². The first-order valence-corrected chi connectivity index (χ1v) is 8.30. The van der Waals surface area contributed by atoms with Gasteiger partial charge in [0.1, 0.15) is 0 Å². The average molecular weight is 340 g/mol. The van der Waals surface area contributed by atoms with E-state index in [0.29, 0.717) is 19.3 Å². The van der Waals surface area contributed by atoms with Crippen molar-refractivity contribution >= 4 is 15.9 Å². The topological polar surface area (TPSA) is 30.5 Å². The quantitative estimate of drug-likeness (QED) is 0.826. The van der Waals surface area contributed by atoms with Crippen LogP contribution in [0.5, 0.6) is 0 Å². The lowest BCUT2D eigenvalue weighted by Crippen LogP contribution is -2.29. The van der Waals surface area contributed by atoms with Crippen LogP contribution in [0.15, 0.2) is 28.7 Å². The molecule has 0 spiro atoms. The first-order valence-electron chi connectivity index (χ1n) is 7.50. The molecule has 1 aromatic carbocycles. The average Bonchev–Trinajstić information content (AvgIpc) is 3.16. The number of nitrogens with one attached hydrogen (secondary N) is 1. The molecule has 1 aliphatic carbocycles. The Labute approximate surface area is 129 Å². The first-order chi connectivity index (χ1) is 9.79. The van der Waals surface area contributed by atoms with Gasteiger partial charge in [-0.2, -0.15) is 0 Å². The van der Waals surface area contributed by atoms with Crippen LogP contribution in [0.4, 0.5) is 0 Å². The molecule has 1 saturated carbocycles. The van der Waals surface area contributed by atoms with Gasteiger partial charge in [-0.25, -0.2) is 0 Å². The van der Waals surface area contributed by atoms with Crippen molar-refractivity contribution in [1.82, 2.24) is 5.32 Å². The zero-order valence-electron chi connectivity index (χ0n) is 11.7. The lowest BCUT2D eigenvalue weighted by atomic mass is 10.2. The smallest absolute Gasteiger partial charge is 0.0814 e. The van der Waals surface area contributed by atoms with E-state index < -0.39 is 0 Å². The first kappa shape index (κ1) is 14.5. The minimum atomic E-state index is 0.271. The Morgan fingerprint density at radius 1 is 1.20 bits per heavy atom. The molecule has 3 nitrogen and oxygen atoms in total. The summed E-state index contributed by atoms with van der Waals surface area (Å²) in [7, 11) is 0. The lowest BCUT2D eigenvalue weighted by Gasteiger charge is -2.14. The van der Waals surface area contributed by atoms with Crippen molar-refractivity contribution in [1.29, 1.82) is 0 Å². The van der Waals surface area contributed by atoms with E-state index in [1.807, 2.05) is 12.1 Å². The van der Waals surface area contributed by atoms with E-state index in [-0.39, 0.29) is 6.10 Å². The highest BCUT2D eigenvalue weighted by Gasteiger charge is 2.27. The maximum Gasteiger partial charge on any atom is 0.0814 e. The second-order valence-electron chi connectivity index (χ2n) is 5.79. The van der Waals surface area contributed by atoms with Crippen molar-refractivity contribution in [2.45, 2.75) is 50.5 Å². The highest BCUT2D eigenvalue weighted by Crippen LogP contribution is 2.23. The second kappa shape index (κ2) is 7.03. The fourth-order valence-electron chi connectivity index (χ4n) is 2.57. The number of rotatable bonds is 7. The summed E-state index contributed by atoms with van der Waals surface area (Å²) in [6.07, 6.45) is 5.61. The van der Waals surface area contributed by atoms with Crippen molar-refractivity contribution in [2.24, 2.45) is 0 Å². The van der Waals surface area contributed by atoms with Crippen LogP contribution in [0.3, 0.4) is 0 Å². The zero-order chi connectivity index (χ0) is 13.8. The summed E-state index contributed by atoms with van der Waals surface area (Å²) in [5.74, 6) is 0. The third kappa shape index (κ3) is 4.55. The molecule has 1 aliphatic heterocycles. The lowest BCUT2D eigenvalue weighted by molar-refractivity contribution is -0.0191. The Hall–Kier alpha value is -0.420. The van der Waals surface area contributed by atoms with Gasteiger partial charge in [0, 0.05) is 17.1 Å². The molecule has 1 aromatic rings. The van der Waals surface area contributed by atoms with Crippen molar-refractivity contribution in [3.05, 3.63) is 34.3 Å². The SMILES string of the molecule is Brc1cccc(COCC2CCC(CNC3CC3)O2)c1. The summed E-state index contributed by atoms with van der Waals surface area (Å²) < 4.78 is 12.9. The van der Waals surface area contributed by atoms with E-state index in [2.05, 4.69) is 33.4 Å². The van der Waals surface area contributed by atoms with Crippen molar-refractivity contribution in [2.75, 3.05) is 13.2 Å². The summed E-state index contributed by atoms with van der Waals surface area (Å²) in [5.41, 5.74) is 1.20. The number of hydrogen-bond acceptors (Lipinski definition) is 3. The fraction of sp³-hybridized carbons (Fsp3) is 0.625. The van der Waals surface area contributed by atoms with E-state index in [1.165, 1.54) is 18.4 Å². The summed E-state index contributed by atoms with van der Waals surface area (Å²) in [4.78, 5) is 0. The molecule has 4 heteroatoms. The predicted molar refractivity (Wildman–Crippen MR) is 82.7 cm³/mol. The van der Waals surface area contributed by atoms with E-state index in [4.69, 9.17) is 9.47 Å². The molecule has 2 atom stereocenters. The molecule has 110 valence electrons. The maximum atomic E-state index is 6.00. The monoisotopic (exact) mass is 339 g/mol. The molecule has 0 amide bonds. The molecule has 3 rings (SSSR count). The molecule has 1 saturated heterocycles. The summed E-state index contributed by atoms with van der Waals surface area (Å²) >= 11 is 3.47. The molecule has 1 heterocycles. The normalized spacial score (nSPS) is 26.1. The van der Waals surface area contributed by atoms with Gasteiger partial charge in [0.15, 0.2) is 0 Å². The molecule has 0 radical (unpaired) electrons. The summed E-state index contributed by atoms with van der Waals surface area (Å²) in [6, 6.07) is 9.01. The van der Waals surface area contributed by atoms with Crippen LogP contribution < -0.4 is 5.32 Å². The Bertz CT molecular complexity index is 436. The molecule has 2 aliphatic rings. The third-order valence-electron chi connectivity index (χ3n) is 3.87. The minimum Gasteiger partial charge on any atom is -0.374 e. The molecule has 20 heavy (non-hydrogen) atoms. The minimum absolute atomic E-state index is 0.271. The molecule has 2 unspecified atom stereocenters. The van der Waals surface area contributed by atoms with Crippen LogP contribution in [0, 0.1) is 0 Å². The standard InChI is InChI=1S/C16H22BrNO2/c17-13-3-1-2-12(8-13)10-19-11-16-7-6-15(20-16)9-18-14-4-5-14/h1-3,8,14-16,18H,4-7,9-11H2. The van der Waals surface area contributed by atoms with Gasteiger partial charge in [0.2, 0.25) is 0 Å². The second-order valence-corrected chi connectivity index (χ2v) is 6.70. The van der Waals surface area contributed by atoms with E-state index in [0.717, 1.165) is 29.9 Å². The van der Waals surface area contributed by atoms with Crippen LogP contribution >= 0.6 is 15.9 Å². The van der Waals surface area contributed by atoms with Gasteiger partial charge in [0.05, 0.1) is 25.4 Å². The van der Waals surface area contributed by atoms with E-state index in [1.54, 1.807) is 0 Å². The van der Waals surface area contributed by atoms with Gasteiger partial charge in [-0.3, -0.25) is 0 Å². The van der Waals surface area contributed by atoms with Crippen LogP contribution in [0.1, 0.15) is 31.2 Å². The Balaban J connectivity index is 1.32. The Morgan fingerprint density at radius 3 is 2.85 bits per heavy atom. The van der Waals surface area contributed by atoms with E-state index >= 15 is 0 Å².